The van der Waals surface area contributed by atoms with Crippen molar-refractivity contribution in [3.8, 4) is 23.1 Å². The minimum Gasteiger partial charge on any atom is -0.471 e. The van der Waals surface area contributed by atoms with Crippen LogP contribution in [-0.2, 0) is 10.9 Å². The van der Waals surface area contributed by atoms with E-state index in [2.05, 4.69) is 19.9 Å². The minimum absolute atomic E-state index is 0.0721. The van der Waals surface area contributed by atoms with Crippen molar-refractivity contribution in [3.05, 3.63) is 28.5 Å². The summed E-state index contributed by atoms with van der Waals surface area (Å²) in [5.41, 5.74) is 2.23. The number of nitrogens with zero attached hydrogens (tertiary/aromatic N) is 5. The van der Waals surface area contributed by atoms with Crippen LogP contribution in [0.5, 0.6) is 11.9 Å². The van der Waals surface area contributed by atoms with Gasteiger partial charge in [-0.05, 0) is 31.5 Å². The number of anilines is 2. The maximum Gasteiger partial charge on any atom is 0.418 e. The van der Waals surface area contributed by atoms with Crippen LogP contribution < -0.4 is 20.1 Å². The number of ether oxygens (including phenoxy) is 3. The first-order valence-electron chi connectivity index (χ1n) is 14.0. The standard InChI is InChI=1S/C28H28ClF5N6O3/c1-39-15-7-16(11-41-10-15)43-25-19-23(21(31)22(36-25)17-5-14(35)6-18(29)20(17)28(32,33)34)37-26(38-24(19)39)42-12-27-3-2-4-40(27)9-13(30)8-27/h5-6,13,15-16H,2-4,7-12,35H2,1H3/t13-,15?,16?,27+/m1/s1. The van der Waals surface area contributed by atoms with Crippen LogP contribution in [0.25, 0.3) is 22.2 Å². The number of benzene rings is 1. The van der Waals surface area contributed by atoms with Crippen LogP contribution in [-0.4, -0.2) is 83.7 Å². The van der Waals surface area contributed by atoms with Gasteiger partial charge < -0.3 is 24.8 Å². The Bertz CT molecular complexity index is 1610. The molecule has 4 aliphatic heterocycles. The van der Waals surface area contributed by atoms with Gasteiger partial charge in [0.1, 0.15) is 41.3 Å². The highest BCUT2D eigenvalue weighted by atomic mass is 35.5. The van der Waals surface area contributed by atoms with Gasteiger partial charge in [-0.1, -0.05) is 11.6 Å². The quantitative estimate of drug-likeness (QED) is 0.316. The average molecular weight is 627 g/mol. The van der Waals surface area contributed by atoms with E-state index in [9.17, 15) is 17.6 Å². The molecule has 2 unspecified atom stereocenters. The highest BCUT2D eigenvalue weighted by molar-refractivity contribution is 6.32. The van der Waals surface area contributed by atoms with E-state index in [1.165, 1.54) is 0 Å². The molecule has 230 valence electrons. The molecule has 3 aromatic rings. The molecule has 6 heterocycles. The molecule has 15 heteroatoms. The zero-order chi connectivity index (χ0) is 30.3. The number of hydrogen-bond donors (Lipinski definition) is 1. The molecule has 0 spiro atoms. The fourth-order valence-electron chi connectivity index (χ4n) is 6.89. The molecule has 2 N–H and O–H groups in total. The maximum atomic E-state index is 16.5. The van der Waals surface area contributed by atoms with Crippen LogP contribution in [0, 0.1) is 5.82 Å². The highest BCUT2D eigenvalue weighted by Crippen LogP contribution is 2.47. The molecule has 0 saturated carbocycles. The molecule has 2 bridgehead atoms. The number of pyridine rings is 1. The van der Waals surface area contributed by atoms with Gasteiger partial charge in [0.05, 0.1) is 35.4 Å². The van der Waals surface area contributed by atoms with Gasteiger partial charge in [-0.25, -0.2) is 13.8 Å². The molecule has 0 radical (unpaired) electrons. The molecule has 4 atom stereocenters. The number of nitrogens with two attached hydrogens (primary N) is 1. The minimum atomic E-state index is -4.95. The van der Waals surface area contributed by atoms with Gasteiger partial charge in [0.25, 0.3) is 0 Å². The largest absolute Gasteiger partial charge is 0.471 e. The summed E-state index contributed by atoms with van der Waals surface area (Å²) in [7, 11) is 1.75. The third kappa shape index (κ3) is 4.78. The van der Waals surface area contributed by atoms with E-state index in [1.54, 1.807) is 11.9 Å². The molecule has 0 amide bonds. The Kier molecular flexibility index (Phi) is 6.74. The summed E-state index contributed by atoms with van der Waals surface area (Å²) in [5, 5.41) is -0.618. The first-order valence-corrected chi connectivity index (χ1v) is 14.4. The lowest BCUT2D eigenvalue weighted by atomic mass is 9.95. The van der Waals surface area contributed by atoms with Gasteiger partial charge in [0, 0.05) is 37.7 Å². The lowest BCUT2D eigenvalue weighted by Gasteiger charge is -2.38. The van der Waals surface area contributed by atoms with E-state index in [0.717, 1.165) is 31.5 Å². The smallest absolute Gasteiger partial charge is 0.418 e. The van der Waals surface area contributed by atoms with Crippen LogP contribution in [0.15, 0.2) is 12.1 Å². The number of halogens is 6. The molecule has 9 nitrogen and oxygen atoms in total. The summed E-state index contributed by atoms with van der Waals surface area (Å²) >= 11 is 5.99. The Morgan fingerprint density at radius 1 is 1.21 bits per heavy atom. The second-order valence-electron chi connectivity index (χ2n) is 11.7. The van der Waals surface area contributed by atoms with Gasteiger partial charge in [-0.15, -0.1) is 0 Å². The normalized spacial score (nSPS) is 27.1. The van der Waals surface area contributed by atoms with E-state index in [4.69, 9.17) is 31.5 Å². The Hall–Kier alpha value is -3.23. The van der Waals surface area contributed by atoms with Gasteiger partial charge in [-0.2, -0.15) is 23.1 Å². The number of hydrogen-bond acceptors (Lipinski definition) is 9. The molecule has 3 saturated heterocycles. The average Bonchev–Trinajstić information content (AvgIpc) is 3.46. The van der Waals surface area contributed by atoms with Crippen molar-refractivity contribution in [3.63, 3.8) is 0 Å². The molecule has 3 fully saturated rings. The fraction of sp³-hybridized carbons (Fsp3) is 0.536. The third-order valence-electron chi connectivity index (χ3n) is 8.90. The molecule has 2 aromatic heterocycles. The van der Waals surface area contributed by atoms with Crippen LogP contribution >= 0.6 is 11.6 Å². The molecule has 43 heavy (non-hydrogen) atoms. The zero-order valence-corrected chi connectivity index (χ0v) is 23.8. The molecule has 4 aliphatic rings. The Morgan fingerprint density at radius 3 is 2.81 bits per heavy atom. The van der Waals surface area contributed by atoms with E-state index in [0.29, 0.717) is 26.0 Å². The van der Waals surface area contributed by atoms with Crippen molar-refractivity contribution in [1.29, 1.82) is 0 Å². The van der Waals surface area contributed by atoms with E-state index in [-0.39, 0.29) is 53.6 Å². The number of alkyl halides is 4. The van der Waals surface area contributed by atoms with Crippen molar-refractivity contribution in [1.82, 2.24) is 19.9 Å². The van der Waals surface area contributed by atoms with Crippen molar-refractivity contribution < 1.29 is 36.2 Å². The van der Waals surface area contributed by atoms with Crippen LogP contribution in [0.3, 0.4) is 0 Å². The Morgan fingerprint density at radius 2 is 2.02 bits per heavy atom. The molecular weight excluding hydrogens is 599 g/mol. The monoisotopic (exact) mass is 626 g/mol. The summed E-state index contributed by atoms with van der Waals surface area (Å²) in [4.78, 5) is 17.1. The van der Waals surface area contributed by atoms with Crippen LogP contribution in [0.2, 0.25) is 5.02 Å². The molecule has 7 rings (SSSR count). The number of fused-ring (bicyclic) bond motifs is 3. The molecular formula is C28H28ClF5N6O3. The van der Waals surface area contributed by atoms with Crippen LogP contribution in [0.4, 0.5) is 33.5 Å². The topological polar surface area (TPSA) is 98.9 Å². The van der Waals surface area contributed by atoms with Crippen molar-refractivity contribution >= 4 is 34.0 Å². The lowest BCUT2D eigenvalue weighted by molar-refractivity contribution is -0.137. The Labute approximate surface area is 248 Å². The zero-order valence-electron chi connectivity index (χ0n) is 23.1. The van der Waals surface area contributed by atoms with Crippen molar-refractivity contribution in [2.24, 2.45) is 0 Å². The van der Waals surface area contributed by atoms with Crippen LogP contribution in [0.1, 0.15) is 31.2 Å². The SMILES string of the molecule is CN1c2nc(OC[C@@]34CCCN3C[C@H](F)C4)nc3c(F)c(-c4cc(N)cc(Cl)c4C(F)(F)F)nc(c23)OC2COCC1C2. The van der Waals surface area contributed by atoms with E-state index < -0.39 is 51.7 Å². The summed E-state index contributed by atoms with van der Waals surface area (Å²) in [6.45, 7) is 1.70. The highest BCUT2D eigenvalue weighted by Gasteiger charge is 2.49. The van der Waals surface area contributed by atoms with Crippen molar-refractivity contribution in [2.45, 2.75) is 55.7 Å². The van der Waals surface area contributed by atoms with Gasteiger partial charge in [0.15, 0.2) is 5.82 Å². The van der Waals surface area contributed by atoms with Gasteiger partial charge >= 0.3 is 12.2 Å². The summed E-state index contributed by atoms with van der Waals surface area (Å²) in [6, 6.07) is 1.51. The number of likely N-dealkylation sites (N-methyl/N-ethyl adjacent to an activating group) is 1. The fourth-order valence-corrected chi connectivity index (χ4v) is 7.23. The van der Waals surface area contributed by atoms with Crippen molar-refractivity contribution in [2.75, 3.05) is 50.6 Å². The second kappa shape index (κ2) is 10.2. The first kappa shape index (κ1) is 28.5. The molecule has 1 aromatic carbocycles. The van der Waals surface area contributed by atoms with Gasteiger partial charge in [0.2, 0.25) is 5.88 Å². The number of aromatic nitrogens is 3. The third-order valence-corrected chi connectivity index (χ3v) is 9.20. The maximum absolute atomic E-state index is 16.5. The summed E-state index contributed by atoms with van der Waals surface area (Å²) in [5.74, 6) is -1.08. The number of nitrogen functional groups attached to an aromatic ring is 1. The predicted octanol–water partition coefficient (Wildman–Crippen LogP) is 5.03. The number of rotatable bonds is 4. The molecule has 0 aliphatic carbocycles. The lowest BCUT2D eigenvalue weighted by Crippen LogP contribution is -2.47. The second-order valence-corrected chi connectivity index (χ2v) is 12.1. The predicted molar refractivity (Wildman–Crippen MR) is 148 cm³/mol. The van der Waals surface area contributed by atoms with Gasteiger partial charge in [-0.3, -0.25) is 4.90 Å². The summed E-state index contributed by atoms with van der Waals surface area (Å²) in [6.07, 6.45) is -4.03. The Balaban J connectivity index is 1.42. The van der Waals surface area contributed by atoms with E-state index >= 15 is 4.39 Å². The summed E-state index contributed by atoms with van der Waals surface area (Å²) < 4.78 is 91.4. The first-order chi connectivity index (χ1) is 20.4. The van der Waals surface area contributed by atoms with E-state index in [1.807, 2.05) is 0 Å².